The third-order valence-corrected chi connectivity index (χ3v) is 7.85. The fourth-order valence-electron chi connectivity index (χ4n) is 3.37. The molecule has 2 unspecified atom stereocenters. The molecule has 3 heterocycles. The first-order valence-electron chi connectivity index (χ1n) is 10.0. The van der Waals surface area contributed by atoms with E-state index in [4.69, 9.17) is 19.7 Å². The standard InChI is InChI=1S/C16H27N3O12P2/c1-8-6-19(16(22)18-15(8)21)13-5-11(20)12(29-13)7-27-32(23,24)31-33(25,26)30-14-4-3-10(17)9(2)28-14/h6,9-14,20H,3-5,7,17H2,1-2H3,(H,23,24)(H,25,26)(H,18,21,22)/t9-,10+,11+,12-,13-,14-/m1/s1. The van der Waals surface area contributed by atoms with Gasteiger partial charge in [0.1, 0.15) is 12.3 Å². The zero-order chi connectivity index (χ0) is 24.6. The molecule has 8 atom stereocenters. The summed E-state index contributed by atoms with van der Waals surface area (Å²) in [6, 6.07) is -0.284. The van der Waals surface area contributed by atoms with Crippen LogP contribution >= 0.6 is 15.6 Å². The number of hydrogen-bond donors (Lipinski definition) is 5. The summed E-state index contributed by atoms with van der Waals surface area (Å²) in [5.74, 6) is 0. The maximum Gasteiger partial charge on any atom is 0.483 e. The number of nitrogens with one attached hydrogen (secondary N) is 1. The Hall–Kier alpha value is -1.22. The van der Waals surface area contributed by atoms with Crippen molar-refractivity contribution in [3.05, 3.63) is 32.6 Å². The lowest BCUT2D eigenvalue weighted by Gasteiger charge is -2.32. The number of phosphoric acid groups is 2. The van der Waals surface area contributed by atoms with Gasteiger partial charge in [0.05, 0.1) is 18.8 Å². The Morgan fingerprint density at radius 2 is 1.94 bits per heavy atom. The van der Waals surface area contributed by atoms with Gasteiger partial charge in [0.25, 0.3) is 5.56 Å². The van der Waals surface area contributed by atoms with E-state index in [1.54, 1.807) is 6.92 Å². The van der Waals surface area contributed by atoms with Gasteiger partial charge in [-0.25, -0.2) is 13.9 Å². The Morgan fingerprint density at radius 1 is 1.24 bits per heavy atom. The number of aliphatic hydroxyl groups excluding tert-OH is 1. The minimum absolute atomic E-state index is 0.0864. The summed E-state index contributed by atoms with van der Waals surface area (Å²) >= 11 is 0. The first-order chi connectivity index (χ1) is 15.3. The average Bonchev–Trinajstić information content (AvgIpc) is 3.05. The van der Waals surface area contributed by atoms with E-state index >= 15 is 0 Å². The normalized spacial score (nSPS) is 34.0. The Labute approximate surface area is 187 Å². The maximum atomic E-state index is 12.1. The van der Waals surface area contributed by atoms with Crippen molar-refractivity contribution in [1.29, 1.82) is 0 Å². The Balaban J connectivity index is 1.56. The minimum Gasteiger partial charge on any atom is -0.390 e. The number of nitrogens with zero attached hydrogens (tertiary/aromatic N) is 1. The lowest BCUT2D eigenvalue weighted by atomic mass is 10.0. The van der Waals surface area contributed by atoms with Crippen LogP contribution in [0.3, 0.4) is 0 Å². The van der Waals surface area contributed by atoms with Crippen molar-refractivity contribution in [2.24, 2.45) is 5.73 Å². The number of aryl methyl sites for hydroxylation is 1. The molecule has 0 radical (unpaired) electrons. The van der Waals surface area contributed by atoms with Crippen LogP contribution in [-0.2, 0) is 32.0 Å². The van der Waals surface area contributed by atoms with Gasteiger partial charge < -0.3 is 30.1 Å². The summed E-state index contributed by atoms with van der Waals surface area (Å²) in [5, 5.41) is 10.2. The smallest absolute Gasteiger partial charge is 0.390 e. The van der Waals surface area contributed by atoms with Gasteiger partial charge in [0, 0.05) is 30.6 Å². The number of rotatable bonds is 8. The SMILES string of the molecule is Cc1cn([C@H]2C[C@H](O)[C@@H](COP(=O)(O)OP(=O)(O)O[C@@H]3CC[C@H](N)[C@@H](C)O3)O2)c(=O)[nH]c1=O. The predicted octanol–water partition coefficient (Wildman–Crippen LogP) is -0.404. The third-order valence-electron chi connectivity index (χ3n) is 5.22. The van der Waals surface area contributed by atoms with Crippen LogP contribution in [0.15, 0.2) is 15.8 Å². The van der Waals surface area contributed by atoms with Gasteiger partial charge in [-0.05, 0) is 20.3 Å². The lowest BCUT2D eigenvalue weighted by Crippen LogP contribution is -2.42. The number of nitrogens with two attached hydrogens (primary N) is 1. The Kier molecular flexibility index (Phi) is 8.14. The summed E-state index contributed by atoms with van der Waals surface area (Å²) in [4.78, 5) is 45.2. The molecular formula is C16H27N3O12P2. The molecule has 3 rings (SSSR count). The zero-order valence-electron chi connectivity index (χ0n) is 17.8. The summed E-state index contributed by atoms with van der Waals surface area (Å²) in [6.07, 6.45) is -3.24. The lowest BCUT2D eigenvalue weighted by molar-refractivity contribution is -0.155. The van der Waals surface area contributed by atoms with E-state index in [0.29, 0.717) is 6.42 Å². The molecule has 0 aromatic carbocycles. The highest BCUT2D eigenvalue weighted by Crippen LogP contribution is 2.61. The van der Waals surface area contributed by atoms with Crippen LogP contribution in [0.2, 0.25) is 0 Å². The van der Waals surface area contributed by atoms with E-state index in [1.165, 1.54) is 13.1 Å². The Bertz CT molecular complexity index is 1060. The number of H-pyrrole nitrogens is 1. The number of aromatic nitrogens is 2. The quantitative estimate of drug-likeness (QED) is 0.278. The van der Waals surface area contributed by atoms with Gasteiger partial charge >= 0.3 is 21.3 Å². The van der Waals surface area contributed by atoms with Crippen LogP contribution < -0.4 is 17.0 Å². The van der Waals surface area contributed by atoms with Crippen molar-refractivity contribution in [2.75, 3.05) is 6.61 Å². The second kappa shape index (κ2) is 10.2. The van der Waals surface area contributed by atoms with Gasteiger partial charge in [0.15, 0.2) is 6.29 Å². The van der Waals surface area contributed by atoms with Crippen molar-refractivity contribution in [3.8, 4) is 0 Å². The molecule has 17 heteroatoms. The van der Waals surface area contributed by atoms with Crippen molar-refractivity contribution in [3.63, 3.8) is 0 Å². The van der Waals surface area contributed by atoms with Gasteiger partial charge in [-0.15, -0.1) is 0 Å². The van der Waals surface area contributed by atoms with Crippen LogP contribution in [0.5, 0.6) is 0 Å². The number of aliphatic hydroxyl groups is 1. The van der Waals surface area contributed by atoms with E-state index in [0.717, 1.165) is 4.57 Å². The summed E-state index contributed by atoms with van der Waals surface area (Å²) in [7, 11) is -10.2. The molecule has 0 spiro atoms. The van der Waals surface area contributed by atoms with Gasteiger partial charge in [-0.3, -0.25) is 23.4 Å². The molecule has 2 saturated heterocycles. The average molecular weight is 515 g/mol. The molecule has 0 aliphatic carbocycles. The van der Waals surface area contributed by atoms with Crippen LogP contribution in [0, 0.1) is 6.92 Å². The molecule has 2 aliphatic heterocycles. The highest BCUT2D eigenvalue weighted by molar-refractivity contribution is 7.61. The highest BCUT2D eigenvalue weighted by Gasteiger charge is 2.42. The van der Waals surface area contributed by atoms with Crippen molar-refractivity contribution < 1.29 is 46.9 Å². The fraction of sp³-hybridized carbons (Fsp3) is 0.750. The van der Waals surface area contributed by atoms with E-state index in [1.807, 2.05) is 0 Å². The molecule has 15 nitrogen and oxygen atoms in total. The van der Waals surface area contributed by atoms with Gasteiger partial charge in [0.2, 0.25) is 0 Å². The molecule has 0 saturated carbocycles. The molecule has 1 aromatic rings. The summed E-state index contributed by atoms with van der Waals surface area (Å²) < 4.78 is 49.9. The van der Waals surface area contributed by atoms with Crippen molar-refractivity contribution >= 4 is 15.6 Å². The number of aromatic amines is 1. The number of ether oxygens (including phenoxy) is 2. The first-order valence-corrected chi connectivity index (χ1v) is 13.0. The molecule has 33 heavy (non-hydrogen) atoms. The monoisotopic (exact) mass is 515 g/mol. The van der Waals surface area contributed by atoms with Gasteiger partial charge in [-0.2, -0.15) is 4.31 Å². The molecule has 188 valence electrons. The molecule has 0 bridgehead atoms. The molecule has 2 aliphatic rings. The van der Waals surface area contributed by atoms with Crippen LogP contribution in [0.4, 0.5) is 0 Å². The Morgan fingerprint density at radius 3 is 2.61 bits per heavy atom. The third kappa shape index (κ3) is 6.90. The fourth-order valence-corrected chi connectivity index (χ4v) is 5.55. The molecular weight excluding hydrogens is 488 g/mol. The molecule has 1 aromatic heterocycles. The van der Waals surface area contributed by atoms with E-state index in [-0.39, 0.29) is 24.4 Å². The van der Waals surface area contributed by atoms with Crippen LogP contribution in [0.25, 0.3) is 0 Å². The minimum atomic E-state index is -5.13. The summed E-state index contributed by atoms with van der Waals surface area (Å²) in [6.45, 7) is 2.41. The van der Waals surface area contributed by atoms with Crippen molar-refractivity contribution in [2.45, 2.75) is 70.0 Å². The zero-order valence-corrected chi connectivity index (χ0v) is 19.6. The van der Waals surface area contributed by atoms with E-state index in [2.05, 4.69) is 13.8 Å². The molecule has 0 amide bonds. The second-order valence-corrected chi connectivity index (χ2v) is 10.8. The summed E-state index contributed by atoms with van der Waals surface area (Å²) in [5.41, 5.74) is 4.67. The van der Waals surface area contributed by atoms with E-state index < -0.39 is 64.3 Å². The van der Waals surface area contributed by atoms with Crippen molar-refractivity contribution in [1.82, 2.24) is 9.55 Å². The number of phosphoric ester groups is 2. The second-order valence-electron chi connectivity index (χ2n) is 7.84. The predicted molar refractivity (Wildman–Crippen MR) is 110 cm³/mol. The molecule has 2 fully saturated rings. The molecule has 6 N–H and O–H groups in total. The highest BCUT2D eigenvalue weighted by atomic mass is 31.3. The van der Waals surface area contributed by atoms with E-state index in [9.17, 15) is 33.6 Å². The van der Waals surface area contributed by atoms with Crippen LogP contribution in [0.1, 0.15) is 38.0 Å². The van der Waals surface area contributed by atoms with Crippen LogP contribution in [-0.4, -0.2) is 61.7 Å². The van der Waals surface area contributed by atoms with Gasteiger partial charge in [-0.1, -0.05) is 0 Å². The largest absolute Gasteiger partial charge is 0.483 e. The number of hydrogen-bond acceptors (Lipinski definition) is 11. The first kappa shape index (κ1) is 26.4. The topological polar surface area (TPSA) is 222 Å². The maximum absolute atomic E-state index is 12.1.